The van der Waals surface area contributed by atoms with Gasteiger partial charge in [-0.05, 0) is 55.3 Å². The molecule has 0 saturated carbocycles. The van der Waals surface area contributed by atoms with Crippen LogP contribution in [0.3, 0.4) is 0 Å². The zero-order valence-corrected chi connectivity index (χ0v) is 18.3. The highest BCUT2D eigenvalue weighted by molar-refractivity contribution is 9.10. The van der Waals surface area contributed by atoms with Crippen molar-refractivity contribution >= 4 is 45.0 Å². The van der Waals surface area contributed by atoms with E-state index in [9.17, 15) is 9.59 Å². The molecular formula is C21H24BrClN2O3. The van der Waals surface area contributed by atoms with Gasteiger partial charge < -0.3 is 15.0 Å². The summed E-state index contributed by atoms with van der Waals surface area (Å²) in [5.41, 5.74) is 1.21. The Morgan fingerprint density at radius 2 is 1.71 bits per heavy atom. The van der Waals surface area contributed by atoms with Crippen LogP contribution in [0.15, 0.2) is 46.9 Å². The predicted octanol–water partition coefficient (Wildman–Crippen LogP) is 5.38. The van der Waals surface area contributed by atoms with Crippen LogP contribution in [-0.4, -0.2) is 36.4 Å². The highest BCUT2D eigenvalue weighted by atomic mass is 79.9. The molecule has 0 fully saturated rings. The Morgan fingerprint density at radius 1 is 1.07 bits per heavy atom. The first-order chi connectivity index (χ1) is 13.4. The van der Waals surface area contributed by atoms with E-state index in [-0.39, 0.29) is 18.4 Å². The molecule has 0 saturated heterocycles. The summed E-state index contributed by atoms with van der Waals surface area (Å²) in [6.45, 7) is 5.42. The van der Waals surface area contributed by atoms with Gasteiger partial charge in [0.2, 0.25) is 0 Å². The van der Waals surface area contributed by atoms with Crippen LogP contribution in [0.2, 0.25) is 5.02 Å². The molecule has 0 aromatic heterocycles. The average molecular weight is 468 g/mol. The van der Waals surface area contributed by atoms with Gasteiger partial charge in [-0.2, -0.15) is 0 Å². The van der Waals surface area contributed by atoms with Gasteiger partial charge in [-0.25, -0.2) is 0 Å². The molecule has 5 nitrogen and oxygen atoms in total. The van der Waals surface area contributed by atoms with E-state index in [1.165, 1.54) is 0 Å². The lowest BCUT2D eigenvalue weighted by Crippen LogP contribution is -2.32. The number of anilines is 1. The van der Waals surface area contributed by atoms with Crippen LogP contribution in [0.5, 0.6) is 5.75 Å². The molecule has 7 heteroatoms. The second kappa shape index (κ2) is 11.1. The van der Waals surface area contributed by atoms with Crippen molar-refractivity contribution < 1.29 is 14.3 Å². The van der Waals surface area contributed by atoms with E-state index >= 15 is 0 Å². The second-order valence-corrected chi connectivity index (χ2v) is 7.60. The van der Waals surface area contributed by atoms with Gasteiger partial charge in [0, 0.05) is 28.8 Å². The number of nitrogens with one attached hydrogen (secondary N) is 1. The lowest BCUT2D eigenvalue weighted by molar-refractivity contribution is -0.118. The molecule has 2 aromatic carbocycles. The van der Waals surface area contributed by atoms with Crippen LogP contribution < -0.4 is 10.1 Å². The Bertz CT molecular complexity index is 806. The molecule has 2 rings (SSSR count). The van der Waals surface area contributed by atoms with E-state index in [2.05, 4.69) is 35.1 Å². The molecule has 0 unspecified atom stereocenters. The van der Waals surface area contributed by atoms with Crippen molar-refractivity contribution in [2.75, 3.05) is 25.0 Å². The van der Waals surface area contributed by atoms with Gasteiger partial charge in [0.25, 0.3) is 11.8 Å². The standard InChI is InChI=1S/C21H24BrClN2O3/c1-3-11-25(12-4-2)21(27)15-5-8-17(9-6-15)24-20(26)14-28-19-10-7-16(22)13-18(19)23/h5-10,13H,3-4,11-12,14H2,1-2H3,(H,24,26). The summed E-state index contributed by atoms with van der Waals surface area (Å²) in [5, 5.41) is 3.17. The fraction of sp³-hybridized carbons (Fsp3) is 0.333. The third kappa shape index (κ3) is 6.53. The van der Waals surface area contributed by atoms with Gasteiger partial charge in [0.15, 0.2) is 6.61 Å². The molecule has 0 aliphatic rings. The third-order valence-electron chi connectivity index (χ3n) is 3.94. The minimum atomic E-state index is -0.309. The number of carbonyl (C=O) groups excluding carboxylic acids is 2. The first kappa shape index (κ1) is 22.2. The first-order valence-corrected chi connectivity index (χ1v) is 10.4. The molecular weight excluding hydrogens is 444 g/mol. The lowest BCUT2D eigenvalue weighted by Gasteiger charge is -2.21. The Labute approximate surface area is 179 Å². The molecule has 0 aliphatic carbocycles. The van der Waals surface area contributed by atoms with Crippen molar-refractivity contribution in [1.29, 1.82) is 0 Å². The van der Waals surface area contributed by atoms with Crippen molar-refractivity contribution in [3.63, 3.8) is 0 Å². The van der Waals surface area contributed by atoms with Crippen LogP contribution in [0.25, 0.3) is 0 Å². The smallest absolute Gasteiger partial charge is 0.262 e. The fourth-order valence-electron chi connectivity index (χ4n) is 2.67. The molecule has 0 spiro atoms. The summed E-state index contributed by atoms with van der Waals surface area (Å²) < 4.78 is 6.28. The van der Waals surface area contributed by atoms with Crippen molar-refractivity contribution in [2.24, 2.45) is 0 Å². The summed E-state index contributed by atoms with van der Waals surface area (Å²) in [6, 6.07) is 12.1. The molecule has 28 heavy (non-hydrogen) atoms. The lowest BCUT2D eigenvalue weighted by atomic mass is 10.1. The molecule has 0 heterocycles. The van der Waals surface area contributed by atoms with E-state index in [0.29, 0.717) is 22.0 Å². The molecule has 0 bridgehead atoms. The molecule has 1 N–H and O–H groups in total. The number of rotatable bonds is 9. The van der Waals surface area contributed by atoms with Crippen LogP contribution in [0.4, 0.5) is 5.69 Å². The fourth-order valence-corrected chi connectivity index (χ4v) is 3.39. The SMILES string of the molecule is CCCN(CCC)C(=O)c1ccc(NC(=O)COc2ccc(Br)cc2Cl)cc1. The summed E-state index contributed by atoms with van der Waals surface area (Å²) >= 11 is 9.38. The predicted molar refractivity (Wildman–Crippen MR) is 116 cm³/mol. The molecule has 2 aromatic rings. The molecule has 2 amide bonds. The van der Waals surface area contributed by atoms with Gasteiger partial charge in [-0.15, -0.1) is 0 Å². The van der Waals surface area contributed by atoms with Crippen molar-refractivity contribution in [3.8, 4) is 5.75 Å². The number of carbonyl (C=O) groups is 2. The second-order valence-electron chi connectivity index (χ2n) is 6.28. The maximum atomic E-state index is 12.6. The molecule has 150 valence electrons. The van der Waals surface area contributed by atoms with E-state index in [1.54, 1.807) is 42.5 Å². The van der Waals surface area contributed by atoms with Crippen LogP contribution in [0.1, 0.15) is 37.0 Å². The third-order valence-corrected chi connectivity index (χ3v) is 4.73. The monoisotopic (exact) mass is 466 g/mol. The zero-order valence-electron chi connectivity index (χ0n) is 16.0. The largest absolute Gasteiger partial charge is 0.482 e. The Balaban J connectivity index is 1.92. The number of amides is 2. The normalized spacial score (nSPS) is 10.4. The zero-order chi connectivity index (χ0) is 20.5. The Kier molecular flexibility index (Phi) is 8.80. The highest BCUT2D eigenvalue weighted by Crippen LogP contribution is 2.27. The summed E-state index contributed by atoms with van der Waals surface area (Å²) in [4.78, 5) is 26.5. The highest BCUT2D eigenvalue weighted by Gasteiger charge is 2.14. The first-order valence-electron chi connectivity index (χ1n) is 9.21. The summed E-state index contributed by atoms with van der Waals surface area (Å²) in [5.74, 6) is 0.138. The minimum Gasteiger partial charge on any atom is -0.482 e. The van der Waals surface area contributed by atoms with Crippen molar-refractivity contribution in [2.45, 2.75) is 26.7 Å². The number of hydrogen-bond donors (Lipinski definition) is 1. The van der Waals surface area contributed by atoms with Gasteiger partial charge in [0.1, 0.15) is 5.75 Å². The van der Waals surface area contributed by atoms with Gasteiger partial charge in [-0.1, -0.05) is 41.4 Å². The van der Waals surface area contributed by atoms with Crippen molar-refractivity contribution in [1.82, 2.24) is 4.90 Å². The number of benzene rings is 2. The minimum absolute atomic E-state index is 0.00906. The maximum Gasteiger partial charge on any atom is 0.262 e. The van der Waals surface area contributed by atoms with Crippen molar-refractivity contribution in [3.05, 3.63) is 57.5 Å². The van der Waals surface area contributed by atoms with E-state index in [1.807, 2.05) is 4.90 Å². The van der Waals surface area contributed by atoms with Gasteiger partial charge in [0.05, 0.1) is 5.02 Å². The number of hydrogen-bond acceptors (Lipinski definition) is 3. The topological polar surface area (TPSA) is 58.6 Å². The van der Waals surface area contributed by atoms with E-state index in [0.717, 1.165) is 30.4 Å². The average Bonchev–Trinajstić information content (AvgIpc) is 2.67. The number of nitrogens with zero attached hydrogens (tertiary/aromatic N) is 1. The number of halogens is 2. The molecule has 0 atom stereocenters. The Hall–Kier alpha value is -2.05. The summed E-state index contributed by atoms with van der Waals surface area (Å²) in [6.07, 6.45) is 1.84. The quantitative estimate of drug-likeness (QED) is 0.538. The summed E-state index contributed by atoms with van der Waals surface area (Å²) in [7, 11) is 0. The Morgan fingerprint density at radius 3 is 2.29 bits per heavy atom. The number of ether oxygens (including phenoxy) is 1. The maximum absolute atomic E-state index is 12.6. The van der Waals surface area contributed by atoms with E-state index < -0.39 is 0 Å². The van der Waals surface area contributed by atoms with Crippen LogP contribution >= 0.6 is 27.5 Å². The molecule has 0 radical (unpaired) electrons. The van der Waals surface area contributed by atoms with Gasteiger partial charge in [-0.3, -0.25) is 9.59 Å². The van der Waals surface area contributed by atoms with Crippen LogP contribution in [-0.2, 0) is 4.79 Å². The van der Waals surface area contributed by atoms with Gasteiger partial charge >= 0.3 is 0 Å². The van der Waals surface area contributed by atoms with E-state index in [4.69, 9.17) is 16.3 Å². The van der Waals surface area contributed by atoms with Crippen LogP contribution in [0, 0.1) is 0 Å². The molecule has 0 aliphatic heterocycles.